The molecule has 6 nitrogen and oxygen atoms in total. The van der Waals surface area contributed by atoms with Gasteiger partial charge in [0.2, 0.25) is 10.0 Å². The van der Waals surface area contributed by atoms with Crippen LogP contribution in [0.2, 0.25) is 0 Å². The molecule has 1 fully saturated rings. The maximum atomic E-state index is 11.8. The van der Waals surface area contributed by atoms with Crippen molar-refractivity contribution in [3.63, 3.8) is 0 Å². The summed E-state index contributed by atoms with van der Waals surface area (Å²) in [5, 5.41) is 9.48. The number of benzene rings is 1. The summed E-state index contributed by atoms with van der Waals surface area (Å²) in [4.78, 5) is 2.16. The molecule has 0 aromatic heterocycles. The standard InChI is InChI=1S/C13H21N3O3S/c1-9-5-6-16(12(9)8-17)10-3-4-13(11(14)7-10)20(18,19)15-2/h3-4,7,9,12,15,17H,5-6,8,14H2,1-2H3. The summed E-state index contributed by atoms with van der Waals surface area (Å²) in [6.45, 7) is 3.02. The van der Waals surface area contributed by atoms with Gasteiger partial charge in [0.25, 0.3) is 0 Å². The highest BCUT2D eigenvalue weighted by molar-refractivity contribution is 7.89. The van der Waals surface area contributed by atoms with Crippen molar-refractivity contribution in [1.82, 2.24) is 4.72 Å². The minimum atomic E-state index is -3.54. The van der Waals surface area contributed by atoms with E-state index in [0.29, 0.717) is 5.92 Å². The summed E-state index contributed by atoms with van der Waals surface area (Å²) in [6, 6.07) is 4.96. The lowest BCUT2D eigenvalue weighted by atomic mass is 10.0. The second-order valence-electron chi connectivity index (χ2n) is 5.14. The Labute approximate surface area is 119 Å². The number of nitrogens with zero attached hydrogens (tertiary/aromatic N) is 1. The molecule has 1 saturated heterocycles. The van der Waals surface area contributed by atoms with Crippen molar-refractivity contribution in [1.29, 1.82) is 0 Å². The van der Waals surface area contributed by atoms with Gasteiger partial charge in [0, 0.05) is 12.2 Å². The topological polar surface area (TPSA) is 95.7 Å². The summed E-state index contributed by atoms with van der Waals surface area (Å²) >= 11 is 0. The third-order valence-electron chi connectivity index (χ3n) is 3.95. The number of nitrogens with two attached hydrogens (primary N) is 1. The number of anilines is 2. The number of aliphatic hydroxyl groups is 1. The molecule has 2 rings (SSSR count). The van der Waals surface area contributed by atoms with Crippen LogP contribution in [0.15, 0.2) is 23.1 Å². The van der Waals surface area contributed by atoms with Crippen LogP contribution in [0.5, 0.6) is 0 Å². The predicted octanol–water partition coefficient (Wildman–Crippen LogP) is 0.384. The summed E-state index contributed by atoms with van der Waals surface area (Å²) in [6.07, 6.45) is 1.00. The van der Waals surface area contributed by atoms with Crippen LogP contribution in [0.4, 0.5) is 11.4 Å². The smallest absolute Gasteiger partial charge is 0.242 e. The first-order chi connectivity index (χ1) is 9.40. The Hall–Kier alpha value is -1.31. The van der Waals surface area contributed by atoms with Gasteiger partial charge in [0.1, 0.15) is 4.90 Å². The molecule has 7 heteroatoms. The second kappa shape index (κ2) is 5.59. The Morgan fingerprint density at radius 2 is 2.20 bits per heavy atom. The van der Waals surface area contributed by atoms with E-state index in [9.17, 15) is 13.5 Å². The lowest BCUT2D eigenvalue weighted by molar-refractivity contribution is 0.245. The molecular weight excluding hydrogens is 278 g/mol. The van der Waals surface area contributed by atoms with Crippen LogP contribution in [0.3, 0.4) is 0 Å². The van der Waals surface area contributed by atoms with E-state index in [1.807, 2.05) is 0 Å². The van der Waals surface area contributed by atoms with Gasteiger partial charge < -0.3 is 15.7 Å². The summed E-state index contributed by atoms with van der Waals surface area (Å²) < 4.78 is 25.8. The molecule has 4 N–H and O–H groups in total. The average Bonchev–Trinajstić information content (AvgIpc) is 2.79. The predicted molar refractivity (Wildman–Crippen MR) is 79.1 cm³/mol. The zero-order valence-corrected chi connectivity index (χ0v) is 12.5. The fourth-order valence-corrected chi connectivity index (χ4v) is 3.51. The van der Waals surface area contributed by atoms with Gasteiger partial charge in [-0.15, -0.1) is 0 Å². The molecule has 20 heavy (non-hydrogen) atoms. The number of aliphatic hydroxyl groups excluding tert-OH is 1. The van der Waals surface area contributed by atoms with Gasteiger partial charge in [0.05, 0.1) is 18.3 Å². The van der Waals surface area contributed by atoms with Crippen LogP contribution in [-0.4, -0.2) is 39.8 Å². The van der Waals surface area contributed by atoms with Gasteiger partial charge in [-0.1, -0.05) is 6.92 Å². The van der Waals surface area contributed by atoms with E-state index in [1.54, 1.807) is 12.1 Å². The Kier molecular flexibility index (Phi) is 4.22. The first-order valence-corrected chi connectivity index (χ1v) is 8.09. The molecule has 1 heterocycles. The summed E-state index contributed by atoms with van der Waals surface area (Å²) in [5.74, 6) is 0.405. The van der Waals surface area contributed by atoms with E-state index in [-0.39, 0.29) is 23.2 Å². The van der Waals surface area contributed by atoms with Gasteiger partial charge in [-0.05, 0) is 37.6 Å². The molecule has 0 spiro atoms. The van der Waals surface area contributed by atoms with E-state index in [2.05, 4.69) is 16.5 Å². The van der Waals surface area contributed by atoms with Crippen LogP contribution in [-0.2, 0) is 10.0 Å². The Morgan fingerprint density at radius 3 is 2.75 bits per heavy atom. The second-order valence-corrected chi connectivity index (χ2v) is 6.99. The van der Waals surface area contributed by atoms with Gasteiger partial charge in [0.15, 0.2) is 0 Å². The van der Waals surface area contributed by atoms with Crippen LogP contribution in [0.25, 0.3) is 0 Å². The fourth-order valence-electron chi connectivity index (χ4n) is 2.68. The van der Waals surface area contributed by atoms with Crippen LogP contribution in [0.1, 0.15) is 13.3 Å². The van der Waals surface area contributed by atoms with Crippen molar-refractivity contribution < 1.29 is 13.5 Å². The zero-order valence-electron chi connectivity index (χ0n) is 11.7. The molecule has 1 aromatic carbocycles. The highest BCUT2D eigenvalue weighted by Crippen LogP contribution is 2.32. The Bertz CT molecular complexity index is 589. The maximum Gasteiger partial charge on any atom is 0.242 e. The van der Waals surface area contributed by atoms with E-state index >= 15 is 0 Å². The molecule has 0 aliphatic carbocycles. The van der Waals surface area contributed by atoms with E-state index < -0.39 is 10.0 Å². The number of nitrogen functional groups attached to an aromatic ring is 1. The molecule has 1 aliphatic heterocycles. The quantitative estimate of drug-likeness (QED) is 0.699. The van der Waals surface area contributed by atoms with E-state index in [1.165, 1.54) is 13.1 Å². The van der Waals surface area contributed by atoms with Crippen molar-refractivity contribution in [2.45, 2.75) is 24.3 Å². The minimum Gasteiger partial charge on any atom is -0.398 e. The third kappa shape index (κ3) is 2.61. The molecule has 0 bridgehead atoms. The van der Waals surface area contributed by atoms with Crippen LogP contribution in [0, 0.1) is 5.92 Å². The third-order valence-corrected chi connectivity index (χ3v) is 5.44. The molecule has 112 valence electrons. The van der Waals surface area contributed by atoms with Crippen molar-refractivity contribution in [3.05, 3.63) is 18.2 Å². The van der Waals surface area contributed by atoms with E-state index in [4.69, 9.17) is 5.73 Å². The highest BCUT2D eigenvalue weighted by atomic mass is 32.2. The van der Waals surface area contributed by atoms with Gasteiger partial charge >= 0.3 is 0 Å². The SMILES string of the molecule is CNS(=O)(=O)c1ccc(N2CCC(C)C2CO)cc1N. The average molecular weight is 299 g/mol. The molecule has 2 unspecified atom stereocenters. The van der Waals surface area contributed by atoms with Gasteiger partial charge in [-0.3, -0.25) is 0 Å². The number of hydrogen-bond donors (Lipinski definition) is 3. The van der Waals surface area contributed by atoms with Crippen molar-refractivity contribution >= 4 is 21.4 Å². The number of hydrogen-bond acceptors (Lipinski definition) is 5. The number of nitrogens with one attached hydrogen (secondary N) is 1. The first-order valence-electron chi connectivity index (χ1n) is 6.61. The van der Waals surface area contributed by atoms with Crippen LogP contribution >= 0.6 is 0 Å². The van der Waals surface area contributed by atoms with Crippen LogP contribution < -0.4 is 15.4 Å². The normalized spacial score (nSPS) is 23.2. The maximum absolute atomic E-state index is 11.8. The lowest BCUT2D eigenvalue weighted by Gasteiger charge is -2.27. The number of rotatable bonds is 4. The van der Waals surface area contributed by atoms with E-state index in [0.717, 1.165) is 18.7 Å². The van der Waals surface area contributed by atoms with Crippen molar-refractivity contribution in [2.75, 3.05) is 30.8 Å². The lowest BCUT2D eigenvalue weighted by Crippen LogP contribution is -2.35. The Morgan fingerprint density at radius 1 is 1.50 bits per heavy atom. The minimum absolute atomic E-state index is 0.0566. The summed E-state index contributed by atoms with van der Waals surface area (Å²) in [5.41, 5.74) is 6.93. The molecule has 0 amide bonds. The molecular formula is C13H21N3O3S. The van der Waals surface area contributed by atoms with Crippen molar-refractivity contribution in [2.24, 2.45) is 5.92 Å². The fraction of sp³-hybridized carbons (Fsp3) is 0.538. The van der Waals surface area contributed by atoms with Crippen molar-refractivity contribution in [3.8, 4) is 0 Å². The molecule has 1 aliphatic rings. The number of sulfonamides is 1. The van der Waals surface area contributed by atoms with Gasteiger partial charge in [-0.25, -0.2) is 13.1 Å². The molecule has 2 atom stereocenters. The largest absolute Gasteiger partial charge is 0.398 e. The summed E-state index contributed by atoms with van der Waals surface area (Å²) in [7, 11) is -2.19. The van der Waals surface area contributed by atoms with Gasteiger partial charge in [-0.2, -0.15) is 0 Å². The first kappa shape index (κ1) is 15.1. The highest BCUT2D eigenvalue weighted by Gasteiger charge is 2.31. The zero-order chi connectivity index (χ0) is 14.9. The molecule has 0 radical (unpaired) electrons. The Balaban J connectivity index is 2.35. The molecule has 1 aromatic rings. The monoisotopic (exact) mass is 299 g/mol. The molecule has 0 saturated carbocycles.